The first-order valence-electron chi connectivity index (χ1n) is 5.19. The minimum atomic E-state index is -0.642. The summed E-state index contributed by atoms with van der Waals surface area (Å²) in [6.07, 6.45) is 1.30. The number of nitriles is 1. The van der Waals surface area contributed by atoms with E-state index < -0.39 is 11.2 Å². The first-order valence-corrected chi connectivity index (χ1v) is 5.19. The van der Waals surface area contributed by atoms with Gasteiger partial charge >= 0.3 is 5.69 Å². The molecule has 0 aliphatic heterocycles. The summed E-state index contributed by atoms with van der Waals surface area (Å²) in [4.78, 5) is 26.9. The Bertz CT molecular complexity index is 560. The van der Waals surface area contributed by atoms with Crippen molar-refractivity contribution < 1.29 is 0 Å². The van der Waals surface area contributed by atoms with Crippen molar-refractivity contribution in [1.82, 2.24) is 14.5 Å². The molecule has 0 bridgehead atoms. The van der Waals surface area contributed by atoms with Gasteiger partial charge in [-0.25, -0.2) is 4.79 Å². The minimum absolute atomic E-state index is 0.0563. The van der Waals surface area contributed by atoms with Crippen molar-refractivity contribution >= 4 is 0 Å². The van der Waals surface area contributed by atoms with Crippen molar-refractivity contribution in [2.45, 2.75) is 25.9 Å². The van der Waals surface area contributed by atoms with Gasteiger partial charge < -0.3 is 4.90 Å². The van der Waals surface area contributed by atoms with Gasteiger partial charge in [0.25, 0.3) is 5.56 Å². The van der Waals surface area contributed by atoms with Crippen LogP contribution in [0.2, 0.25) is 0 Å². The van der Waals surface area contributed by atoms with Gasteiger partial charge in [-0.15, -0.1) is 0 Å². The van der Waals surface area contributed by atoms with E-state index in [4.69, 9.17) is 5.26 Å². The van der Waals surface area contributed by atoms with Crippen LogP contribution in [-0.4, -0.2) is 34.1 Å². The van der Waals surface area contributed by atoms with Crippen molar-refractivity contribution in [3.63, 3.8) is 0 Å². The molecule has 1 aromatic rings. The van der Waals surface area contributed by atoms with Gasteiger partial charge in [-0.2, -0.15) is 5.26 Å². The summed E-state index contributed by atoms with van der Waals surface area (Å²) in [5, 5.41) is 8.75. The predicted molar refractivity (Wildman–Crippen MR) is 63.8 cm³/mol. The molecule has 0 saturated heterocycles. The van der Waals surface area contributed by atoms with Crippen molar-refractivity contribution in [3.8, 4) is 6.07 Å². The van der Waals surface area contributed by atoms with Crippen LogP contribution in [0.5, 0.6) is 0 Å². The summed E-state index contributed by atoms with van der Waals surface area (Å²) in [5.41, 5.74) is -1.45. The van der Waals surface area contributed by atoms with Gasteiger partial charge in [0, 0.05) is 18.3 Å². The summed E-state index contributed by atoms with van der Waals surface area (Å²) in [5.74, 6) is 0. The Morgan fingerprint density at radius 2 is 2.06 bits per heavy atom. The predicted octanol–water partition coefficient (Wildman–Crippen LogP) is -0.252. The number of aromatic amines is 1. The number of likely N-dealkylation sites (N-methyl/N-ethyl adjacent to an activating group) is 1. The smallest absolute Gasteiger partial charge is 0.302 e. The molecule has 6 heteroatoms. The van der Waals surface area contributed by atoms with Crippen LogP contribution in [0.15, 0.2) is 15.8 Å². The van der Waals surface area contributed by atoms with Gasteiger partial charge in [-0.3, -0.25) is 14.3 Å². The summed E-state index contributed by atoms with van der Waals surface area (Å²) in [7, 11) is 3.81. The Balaban J connectivity index is 3.22. The fraction of sp³-hybridized carbons (Fsp3) is 0.545. The zero-order chi connectivity index (χ0) is 13.2. The molecule has 0 aliphatic rings. The van der Waals surface area contributed by atoms with Gasteiger partial charge in [-0.1, -0.05) is 0 Å². The second-order valence-electron chi connectivity index (χ2n) is 4.75. The highest BCUT2D eigenvalue weighted by Gasteiger charge is 2.22. The number of aromatic nitrogens is 2. The molecule has 0 fully saturated rings. The summed E-state index contributed by atoms with van der Waals surface area (Å²) >= 11 is 0. The molecular formula is C11H16N4O2. The highest BCUT2D eigenvalue weighted by molar-refractivity contribution is 5.21. The van der Waals surface area contributed by atoms with Crippen molar-refractivity contribution in [1.29, 1.82) is 5.26 Å². The molecular weight excluding hydrogens is 220 g/mol. The highest BCUT2D eigenvalue weighted by atomic mass is 16.2. The summed E-state index contributed by atoms with van der Waals surface area (Å²) in [6, 6.07) is 1.76. The van der Waals surface area contributed by atoms with Gasteiger partial charge in [0.15, 0.2) is 0 Å². The van der Waals surface area contributed by atoms with Gasteiger partial charge in [-0.05, 0) is 27.9 Å². The zero-order valence-electron chi connectivity index (χ0n) is 10.4. The molecule has 0 spiro atoms. The van der Waals surface area contributed by atoms with Crippen LogP contribution in [0.1, 0.15) is 19.4 Å². The monoisotopic (exact) mass is 236 g/mol. The number of rotatable bonds is 3. The fourth-order valence-corrected chi connectivity index (χ4v) is 1.26. The Hall–Kier alpha value is -1.87. The van der Waals surface area contributed by atoms with Crippen molar-refractivity contribution in [2.75, 3.05) is 14.1 Å². The Labute approximate surface area is 99.1 Å². The molecule has 0 aliphatic carbocycles. The molecule has 1 N–H and O–H groups in total. The molecule has 1 aromatic heterocycles. The maximum Gasteiger partial charge on any atom is 0.328 e. The van der Waals surface area contributed by atoms with E-state index in [-0.39, 0.29) is 11.1 Å². The largest absolute Gasteiger partial charge is 0.328 e. The molecule has 0 unspecified atom stereocenters. The Morgan fingerprint density at radius 3 is 2.53 bits per heavy atom. The third kappa shape index (κ3) is 2.82. The average molecular weight is 236 g/mol. The van der Waals surface area contributed by atoms with Gasteiger partial charge in [0.2, 0.25) is 0 Å². The van der Waals surface area contributed by atoms with Crippen LogP contribution in [-0.2, 0) is 6.54 Å². The average Bonchev–Trinajstić information content (AvgIpc) is 2.21. The second kappa shape index (κ2) is 4.55. The topological polar surface area (TPSA) is 81.9 Å². The molecule has 6 nitrogen and oxygen atoms in total. The normalized spacial score (nSPS) is 11.5. The summed E-state index contributed by atoms with van der Waals surface area (Å²) < 4.78 is 1.35. The third-order valence-electron chi connectivity index (χ3n) is 2.90. The van der Waals surface area contributed by atoms with Crippen LogP contribution in [0.3, 0.4) is 0 Å². The van der Waals surface area contributed by atoms with Crippen molar-refractivity contribution in [2.24, 2.45) is 0 Å². The molecule has 1 heterocycles. The van der Waals surface area contributed by atoms with Crippen LogP contribution < -0.4 is 11.2 Å². The van der Waals surface area contributed by atoms with Gasteiger partial charge in [0.1, 0.15) is 11.6 Å². The number of H-pyrrole nitrogens is 1. The quantitative estimate of drug-likeness (QED) is 0.784. The number of nitrogens with one attached hydrogen (secondary N) is 1. The van der Waals surface area contributed by atoms with Crippen LogP contribution in [0, 0.1) is 11.3 Å². The summed E-state index contributed by atoms with van der Waals surface area (Å²) in [6.45, 7) is 4.33. The lowest BCUT2D eigenvalue weighted by atomic mass is 10.0. The van der Waals surface area contributed by atoms with E-state index >= 15 is 0 Å². The number of hydrogen-bond donors (Lipinski definition) is 1. The fourth-order valence-electron chi connectivity index (χ4n) is 1.26. The van der Waals surface area contributed by atoms with E-state index in [1.165, 1.54) is 10.8 Å². The van der Waals surface area contributed by atoms with Crippen LogP contribution in [0.4, 0.5) is 0 Å². The first kappa shape index (κ1) is 13.2. The van der Waals surface area contributed by atoms with E-state index in [9.17, 15) is 9.59 Å². The molecule has 92 valence electrons. The van der Waals surface area contributed by atoms with Gasteiger partial charge in [0.05, 0.1) is 0 Å². The molecule has 0 amide bonds. The lowest BCUT2D eigenvalue weighted by molar-refractivity contribution is 0.167. The molecule has 17 heavy (non-hydrogen) atoms. The Morgan fingerprint density at radius 1 is 1.47 bits per heavy atom. The second-order valence-corrected chi connectivity index (χ2v) is 4.75. The van der Waals surface area contributed by atoms with E-state index in [1.54, 1.807) is 6.07 Å². The maximum absolute atomic E-state index is 11.6. The highest BCUT2D eigenvalue weighted by Crippen LogP contribution is 2.11. The number of nitrogens with zero attached hydrogens (tertiary/aromatic N) is 3. The molecule has 1 rings (SSSR count). The molecule has 0 atom stereocenters. The van der Waals surface area contributed by atoms with E-state index in [1.807, 2.05) is 32.8 Å². The first-order chi connectivity index (χ1) is 7.77. The Kier molecular flexibility index (Phi) is 3.53. The zero-order valence-corrected chi connectivity index (χ0v) is 10.4. The lowest BCUT2D eigenvalue weighted by Gasteiger charge is -2.32. The number of hydrogen-bond acceptors (Lipinski definition) is 4. The van der Waals surface area contributed by atoms with E-state index in [0.29, 0.717) is 6.54 Å². The third-order valence-corrected chi connectivity index (χ3v) is 2.90. The lowest BCUT2D eigenvalue weighted by Crippen LogP contribution is -2.45. The minimum Gasteiger partial charge on any atom is -0.302 e. The van der Waals surface area contributed by atoms with Crippen molar-refractivity contribution in [3.05, 3.63) is 32.6 Å². The molecule has 0 aromatic carbocycles. The van der Waals surface area contributed by atoms with Crippen LogP contribution in [0.25, 0.3) is 0 Å². The SMILES string of the molecule is CN(C)C(C)(C)Cn1cc(C#N)c(=O)[nH]c1=O. The maximum atomic E-state index is 11.6. The standard InChI is InChI=1S/C11H16N4O2/c1-11(2,14(3)4)7-15-6-8(5-12)9(16)13-10(15)17/h6H,7H2,1-4H3,(H,13,16,17). The van der Waals surface area contributed by atoms with Crippen LogP contribution >= 0.6 is 0 Å². The van der Waals surface area contributed by atoms with E-state index in [0.717, 1.165) is 0 Å². The molecule has 0 radical (unpaired) electrons. The molecule has 0 saturated carbocycles. The van der Waals surface area contributed by atoms with E-state index in [2.05, 4.69) is 4.98 Å².